The quantitative estimate of drug-likeness (QED) is 0.587. The van der Waals surface area contributed by atoms with Crippen LogP contribution in [0.1, 0.15) is 18.9 Å². The number of sulfonamides is 1. The fraction of sp³-hybridized carbons (Fsp3) is 0.600. The molecule has 0 aliphatic carbocycles. The van der Waals surface area contributed by atoms with E-state index < -0.39 is 10.0 Å². The maximum absolute atomic E-state index is 11.8. The molecule has 1 atom stereocenters. The lowest BCUT2D eigenvalue weighted by molar-refractivity contribution is 0.566. The molecule has 2 rings (SSSR count). The van der Waals surface area contributed by atoms with E-state index in [4.69, 9.17) is 11.6 Å². The third-order valence-corrected chi connectivity index (χ3v) is 5.86. The molecule has 0 saturated heterocycles. The zero-order valence-corrected chi connectivity index (χ0v) is 14.0. The van der Waals surface area contributed by atoms with Gasteiger partial charge in [-0.1, -0.05) is 25.1 Å². The molecule has 0 amide bonds. The molecule has 0 spiro atoms. The molecule has 1 aliphatic rings. The highest BCUT2D eigenvalue weighted by atomic mass is 35.5. The van der Waals surface area contributed by atoms with Crippen LogP contribution in [-0.2, 0) is 16.4 Å². The van der Waals surface area contributed by atoms with Crippen LogP contribution < -0.4 is 9.62 Å². The Bertz CT molecular complexity index is 563. The highest BCUT2D eigenvalue weighted by molar-refractivity contribution is 7.89. The average Bonchev–Trinajstić information content (AvgIpc) is 2.86. The molecule has 4 nitrogen and oxygen atoms in total. The SMILES string of the molecule is CC(CCl)CS(=O)(=O)NCCCN1CCc2ccccc21. The van der Waals surface area contributed by atoms with Gasteiger partial charge in [0.25, 0.3) is 0 Å². The van der Waals surface area contributed by atoms with Gasteiger partial charge in [0.1, 0.15) is 0 Å². The van der Waals surface area contributed by atoms with Crippen molar-refractivity contribution in [2.75, 3.05) is 36.2 Å². The number of nitrogens with one attached hydrogen (secondary N) is 1. The van der Waals surface area contributed by atoms with Crippen LogP contribution >= 0.6 is 11.6 Å². The second kappa shape index (κ2) is 7.47. The number of benzene rings is 1. The fourth-order valence-corrected chi connectivity index (χ4v) is 4.29. The monoisotopic (exact) mass is 330 g/mol. The Morgan fingerprint density at radius 1 is 1.38 bits per heavy atom. The first-order valence-corrected chi connectivity index (χ1v) is 9.56. The maximum Gasteiger partial charge on any atom is 0.211 e. The van der Waals surface area contributed by atoms with E-state index in [9.17, 15) is 8.42 Å². The van der Waals surface area contributed by atoms with Crippen LogP contribution in [0.5, 0.6) is 0 Å². The topological polar surface area (TPSA) is 49.4 Å². The molecule has 0 fully saturated rings. The summed E-state index contributed by atoms with van der Waals surface area (Å²) >= 11 is 5.65. The molecule has 1 aromatic carbocycles. The van der Waals surface area contributed by atoms with Gasteiger partial charge >= 0.3 is 0 Å². The molecule has 0 bridgehead atoms. The summed E-state index contributed by atoms with van der Waals surface area (Å²) in [6, 6.07) is 8.40. The van der Waals surface area contributed by atoms with Gasteiger partial charge in [-0.25, -0.2) is 13.1 Å². The van der Waals surface area contributed by atoms with Gasteiger partial charge < -0.3 is 4.90 Å². The van der Waals surface area contributed by atoms with Crippen LogP contribution in [0, 0.1) is 5.92 Å². The van der Waals surface area contributed by atoms with Crippen LogP contribution in [0.15, 0.2) is 24.3 Å². The number of hydrogen-bond donors (Lipinski definition) is 1. The van der Waals surface area contributed by atoms with Gasteiger partial charge in [0.05, 0.1) is 5.75 Å². The first kappa shape index (κ1) is 16.6. The molecule has 1 heterocycles. The van der Waals surface area contributed by atoms with Crippen LogP contribution in [0.3, 0.4) is 0 Å². The Kier molecular flexibility index (Phi) is 5.90. The molecule has 1 unspecified atom stereocenters. The van der Waals surface area contributed by atoms with E-state index in [0.29, 0.717) is 12.4 Å². The zero-order chi connectivity index (χ0) is 15.3. The smallest absolute Gasteiger partial charge is 0.211 e. The van der Waals surface area contributed by atoms with E-state index in [1.807, 2.05) is 13.0 Å². The maximum atomic E-state index is 11.8. The molecule has 6 heteroatoms. The van der Waals surface area contributed by atoms with Crippen LogP contribution in [0.25, 0.3) is 0 Å². The van der Waals surface area contributed by atoms with Gasteiger partial charge in [0.2, 0.25) is 10.0 Å². The van der Waals surface area contributed by atoms with Crippen molar-refractivity contribution >= 4 is 27.3 Å². The Morgan fingerprint density at radius 2 is 2.14 bits per heavy atom. The van der Waals surface area contributed by atoms with Crippen LogP contribution in [0.4, 0.5) is 5.69 Å². The Morgan fingerprint density at radius 3 is 2.90 bits per heavy atom. The number of para-hydroxylation sites is 1. The summed E-state index contributed by atoms with van der Waals surface area (Å²) in [5.74, 6) is 0.448. The van der Waals surface area contributed by atoms with E-state index >= 15 is 0 Å². The first-order chi connectivity index (χ1) is 10.0. The number of hydrogen-bond acceptors (Lipinski definition) is 3. The van der Waals surface area contributed by atoms with Gasteiger partial charge in [-0.3, -0.25) is 0 Å². The summed E-state index contributed by atoms with van der Waals surface area (Å²) in [6.45, 7) is 4.23. The van der Waals surface area contributed by atoms with E-state index in [1.165, 1.54) is 11.3 Å². The number of rotatable bonds is 8. The van der Waals surface area contributed by atoms with E-state index in [2.05, 4.69) is 27.8 Å². The number of nitrogens with zero attached hydrogens (tertiary/aromatic N) is 1. The number of anilines is 1. The highest BCUT2D eigenvalue weighted by Crippen LogP contribution is 2.27. The van der Waals surface area contributed by atoms with Crippen molar-refractivity contribution in [1.82, 2.24) is 4.72 Å². The van der Waals surface area contributed by atoms with E-state index in [-0.39, 0.29) is 11.7 Å². The summed E-state index contributed by atoms with van der Waals surface area (Å²) in [7, 11) is -3.20. The lowest BCUT2D eigenvalue weighted by Crippen LogP contribution is -2.32. The summed E-state index contributed by atoms with van der Waals surface area (Å²) in [4.78, 5) is 2.32. The Labute approximate surface area is 132 Å². The Balaban J connectivity index is 1.74. The summed E-state index contributed by atoms with van der Waals surface area (Å²) in [5.41, 5.74) is 2.67. The lowest BCUT2D eigenvalue weighted by atomic mass is 10.2. The third-order valence-electron chi connectivity index (χ3n) is 3.68. The van der Waals surface area contributed by atoms with E-state index in [0.717, 1.165) is 25.9 Å². The molecule has 1 aliphatic heterocycles. The van der Waals surface area contributed by atoms with Gasteiger partial charge in [-0.15, -0.1) is 11.6 Å². The molecule has 1 aromatic rings. The van der Waals surface area contributed by atoms with Crippen molar-refractivity contribution in [3.05, 3.63) is 29.8 Å². The molecule has 0 aromatic heterocycles. The number of alkyl halides is 1. The highest BCUT2D eigenvalue weighted by Gasteiger charge is 2.18. The minimum Gasteiger partial charge on any atom is -0.371 e. The summed E-state index contributed by atoms with van der Waals surface area (Å²) < 4.78 is 26.3. The predicted molar refractivity (Wildman–Crippen MR) is 88.6 cm³/mol. The minimum absolute atomic E-state index is 0.0189. The second-order valence-corrected chi connectivity index (χ2v) is 7.81. The van der Waals surface area contributed by atoms with Crippen molar-refractivity contribution in [1.29, 1.82) is 0 Å². The second-order valence-electron chi connectivity index (χ2n) is 5.65. The standard InChI is InChI=1S/C15H23ClN2O2S/c1-13(11-16)12-21(19,20)17-8-4-9-18-10-7-14-5-2-3-6-15(14)18/h2-3,5-6,13,17H,4,7-12H2,1H3. The van der Waals surface area contributed by atoms with Crippen molar-refractivity contribution in [3.63, 3.8) is 0 Å². The molecular formula is C15H23ClN2O2S. The van der Waals surface area contributed by atoms with Crippen LogP contribution in [-0.4, -0.2) is 39.7 Å². The molecule has 1 N–H and O–H groups in total. The molecular weight excluding hydrogens is 308 g/mol. The fourth-order valence-electron chi connectivity index (χ4n) is 2.61. The largest absolute Gasteiger partial charge is 0.371 e. The van der Waals surface area contributed by atoms with Crippen molar-refractivity contribution in [2.45, 2.75) is 19.8 Å². The molecule has 0 saturated carbocycles. The summed E-state index contributed by atoms with van der Waals surface area (Å²) in [5, 5.41) is 0. The summed E-state index contributed by atoms with van der Waals surface area (Å²) in [6.07, 6.45) is 1.89. The van der Waals surface area contributed by atoms with Crippen molar-refractivity contribution < 1.29 is 8.42 Å². The van der Waals surface area contributed by atoms with Gasteiger partial charge in [-0.05, 0) is 30.4 Å². The molecule has 118 valence electrons. The number of halogens is 1. The molecule has 21 heavy (non-hydrogen) atoms. The lowest BCUT2D eigenvalue weighted by Gasteiger charge is -2.19. The van der Waals surface area contributed by atoms with Gasteiger partial charge in [0, 0.05) is 31.2 Å². The number of fused-ring (bicyclic) bond motifs is 1. The Hall–Kier alpha value is -0.780. The minimum atomic E-state index is -3.20. The molecule has 0 radical (unpaired) electrons. The van der Waals surface area contributed by atoms with Crippen LogP contribution in [0.2, 0.25) is 0 Å². The van der Waals surface area contributed by atoms with Crippen molar-refractivity contribution in [2.24, 2.45) is 5.92 Å². The zero-order valence-electron chi connectivity index (χ0n) is 12.4. The first-order valence-electron chi connectivity index (χ1n) is 7.38. The average molecular weight is 331 g/mol. The predicted octanol–water partition coefficient (Wildman–Crippen LogP) is 2.23. The van der Waals surface area contributed by atoms with E-state index in [1.54, 1.807) is 0 Å². The van der Waals surface area contributed by atoms with Crippen molar-refractivity contribution in [3.8, 4) is 0 Å². The van der Waals surface area contributed by atoms with Gasteiger partial charge in [0.15, 0.2) is 0 Å². The van der Waals surface area contributed by atoms with Gasteiger partial charge in [-0.2, -0.15) is 0 Å². The third kappa shape index (κ3) is 4.87. The normalized spacial score (nSPS) is 16.0.